The van der Waals surface area contributed by atoms with Gasteiger partial charge in [-0.1, -0.05) is 30.3 Å². The van der Waals surface area contributed by atoms with Crippen LogP contribution in [0.2, 0.25) is 0 Å². The molecule has 0 bridgehead atoms. The molecule has 1 fully saturated rings. The minimum atomic E-state index is 0.138. The van der Waals surface area contributed by atoms with Crippen LogP contribution in [0.5, 0.6) is 0 Å². The first-order valence-electron chi connectivity index (χ1n) is 6.74. The van der Waals surface area contributed by atoms with Gasteiger partial charge in [-0.15, -0.1) is 0 Å². The number of amides is 1. The monoisotopic (exact) mass is 243 g/mol. The van der Waals surface area contributed by atoms with E-state index in [1.165, 1.54) is 6.42 Å². The molecule has 0 radical (unpaired) electrons. The summed E-state index contributed by atoms with van der Waals surface area (Å²) >= 11 is 0. The Kier molecular flexibility index (Phi) is 4.19. The van der Waals surface area contributed by atoms with Gasteiger partial charge in [0.1, 0.15) is 0 Å². The Hall–Kier alpha value is -1.57. The Morgan fingerprint density at radius 1 is 1.17 bits per heavy atom. The van der Waals surface area contributed by atoms with Crippen molar-refractivity contribution in [3.05, 3.63) is 42.0 Å². The van der Waals surface area contributed by atoms with E-state index in [1.807, 2.05) is 41.3 Å². The standard InChI is InChI=1S/C16H21NO/c1-13-7-6-8-14(2)17(13)16(18)12-11-15-9-4-3-5-10-15/h3-5,9-14H,6-8H2,1-2H3/b12-11+. The first-order valence-corrected chi connectivity index (χ1v) is 6.74. The van der Waals surface area contributed by atoms with E-state index >= 15 is 0 Å². The lowest BCUT2D eigenvalue weighted by Crippen LogP contribution is -2.46. The highest BCUT2D eigenvalue weighted by Crippen LogP contribution is 2.22. The molecule has 1 amide bonds. The van der Waals surface area contributed by atoms with Crippen molar-refractivity contribution in [1.29, 1.82) is 0 Å². The number of carbonyl (C=O) groups is 1. The highest BCUT2D eigenvalue weighted by molar-refractivity contribution is 5.92. The normalized spacial score (nSPS) is 24.4. The average Bonchev–Trinajstić information content (AvgIpc) is 2.37. The van der Waals surface area contributed by atoms with Gasteiger partial charge in [0.2, 0.25) is 5.91 Å². The fraction of sp³-hybridized carbons (Fsp3) is 0.438. The zero-order chi connectivity index (χ0) is 13.0. The van der Waals surface area contributed by atoms with Crippen LogP contribution < -0.4 is 0 Å². The summed E-state index contributed by atoms with van der Waals surface area (Å²) in [6.07, 6.45) is 7.07. The fourth-order valence-electron chi connectivity index (χ4n) is 2.67. The van der Waals surface area contributed by atoms with Crippen LogP contribution in [0.15, 0.2) is 36.4 Å². The van der Waals surface area contributed by atoms with Crippen LogP contribution in [-0.2, 0) is 4.79 Å². The van der Waals surface area contributed by atoms with E-state index in [9.17, 15) is 4.79 Å². The maximum Gasteiger partial charge on any atom is 0.247 e. The molecular formula is C16H21NO. The van der Waals surface area contributed by atoms with E-state index in [2.05, 4.69) is 13.8 Å². The predicted octanol–water partition coefficient (Wildman–Crippen LogP) is 3.49. The van der Waals surface area contributed by atoms with Crippen molar-refractivity contribution in [2.45, 2.75) is 45.2 Å². The number of benzene rings is 1. The molecule has 1 aliphatic rings. The van der Waals surface area contributed by atoms with E-state index < -0.39 is 0 Å². The van der Waals surface area contributed by atoms with E-state index in [0.29, 0.717) is 12.1 Å². The molecule has 1 saturated heterocycles. The molecule has 96 valence electrons. The number of rotatable bonds is 2. The predicted molar refractivity (Wildman–Crippen MR) is 75.1 cm³/mol. The third-order valence-electron chi connectivity index (χ3n) is 3.67. The van der Waals surface area contributed by atoms with Crippen molar-refractivity contribution >= 4 is 12.0 Å². The van der Waals surface area contributed by atoms with Gasteiger partial charge in [-0.3, -0.25) is 4.79 Å². The molecular weight excluding hydrogens is 222 g/mol. The minimum absolute atomic E-state index is 0.138. The fourth-order valence-corrected chi connectivity index (χ4v) is 2.67. The van der Waals surface area contributed by atoms with Crippen molar-refractivity contribution in [3.8, 4) is 0 Å². The van der Waals surface area contributed by atoms with Crippen LogP contribution in [0.3, 0.4) is 0 Å². The van der Waals surface area contributed by atoms with E-state index in [0.717, 1.165) is 18.4 Å². The molecule has 1 aromatic rings. The molecule has 2 unspecified atom stereocenters. The van der Waals surface area contributed by atoms with Crippen molar-refractivity contribution < 1.29 is 4.79 Å². The molecule has 0 N–H and O–H groups in total. The number of hydrogen-bond acceptors (Lipinski definition) is 1. The highest BCUT2D eigenvalue weighted by Gasteiger charge is 2.27. The number of nitrogens with zero attached hydrogens (tertiary/aromatic N) is 1. The van der Waals surface area contributed by atoms with Crippen LogP contribution in [0, 0.1) is 0 Å². The molecule has 1 aromatic carbocycles. The van der Waals surface area contributed by atoms with Gasteiger partial charge < -0.3 is 4.90 Å². The average molecular weight is 243 g/mol. The summed E-state index contributed by atoms with van der Waals surface area (Å²) in [5.74, 6) is 0.138. The summed E-state index contributed by atoms with van der Waals surface area (Å²) in [6.45, 7) is 4.29. The van der Waals surface area contributed by atoms with Crippen LogP contribution >= 0.6 is 0 Å². The largest absolute Gasteiger partial charge is 0.334 e. The summed E-state index contributed by atoms with van der Waals surface area (Å²) in [6, 6.07) is 10.7. The molecule has 0 saturated carbocycles. The van der Waals surface area contributed by atoms with Crippen molar-refractivity contribution in [2.75, 3.05) is 0 Å². The molecule has 0 aliphatic carbocycles. The van der Waals surface area contributed by atoms with Gasteiger partial charge >= 0.3 is 0 Å². The third-order valence-corrected chi connectivity index (χ3v) is 3.67. The van der Waals surface area contributed by atoms with E-state index in [4.69, 9.17) is 0 Å². The SMILES string of the molecule is CC1CCCC(C)N1C(=O)/C=C/c1ccccc1. The maximum atomic E-state index is 12.2. The van der Waals surface area contributed by atoms with E-state index in [-0.39, 0.29) is 5.91 Å². The van der Waals surface area contributed by atoms with Gasteiger partial charge in [0.25, 0.3) is 0 Å². The van der Waals surface area contributed by atoms with Gasteiger partial charge in [-0.05, 0) is 44.7 Å². The first kappa shape index (κ1) is 12.9. The Labute approximate surface area is 109 Å². The molecule has 18 heavy (non-hydrogen) atoms. The zero-order valence-electron chi connectivity index (χ0n) is 11.2. The maximum absolute atomic E-state index is 12.2. The number of likely N-dealkylation sites (tertiary alicyclic amines) is 1. The van der Waals surface area contributed by atoms with E-state index in [1.54, 1.807) is 6.08 Å². The van der Waals surface area contributed by atoms with Gasteiger partial charge in [-0.2, -0.15) is 0 Å². The van der Waals surface area contributed by atoms with Crippen molar-refractivity contribution in [3.63, 3.8) is 0 Å². The summed E-state index contributed by atoms with van der Waals surface area (Å²) in [5, 5.41) is 0. The molecule has 0 aromatic heterocycles. The Balaban J connectivity index is 2.05. The topological polar surface area (TPSA) is 20.3 Å². The van der Waals surface area contributed by atoms with Crippen LogP contribution in [0.4, 0.5) is 0 Å². The first-order chi connectivity index (χ1) is 8.68. The van der Waals surface area contributed by atoms with Crippen LogP contribution in [0.25, 0.3) is 6.08 Å². The second kappa shape index (κ2) is 5.85. The van der Waals surface area contributed by atoms with Gasteiger partial charge in [-0.25, -0.2) is 0 Å². The second-order valence-electron chi connectivity index (χ2n) is 5.12. The minimum Gasteiger partial charge on any atom is -0.334 e. The third kappa shape index (κ3) is 3.00. The Bertz CT molecular complexity index is 414. The summed E-state index contributed by atoms with van der Waals surface area (Å²) in [4.78, 5) is 14.2. The molecule has 1 aliphatic heterocycles. The highest BCUT2D eigenvalue weighted by atomic mass is 16.2. The summed E-state index contributed by atoms with van der Waals surface area (Å²) < 4.78 is 0. The van der Waals surface area contributed by atoms with Crippen molar-refractivity contribution in [1.82, 2.24) is 4.90 Å². The lowest BCUT2D eigenvalue weighted by atomic mass is 9.97. The molecule has 2 heteroatoms. The molecule has 2 atom stereocenters. The van der Waals surface area contributed by atoms with Gasteiger partial charge in [0, 0.05) is 18.2 Å². The molecule has 2 nitrogen and oxygen atoms in total. The molecule has 0 spiro atoms. The lowest BCUT2D eigenvalue weighted by Gasteiger charge is -2.38. The summed E-state index contributed by atoms with van der Waals surface area (Å²) in [7, 11) is 0. The number of piperidine rings is 1. The number of carbonyl (C=O) groups excluding carboxylic acids is 1. The van der Waals surface area contributed by atoms with Crippen LogP contribution in [-0.4, -0.2) is 22.9 Å². The lowest BCUT2D eigenvalue weighted by molar-refractivity contribution is -0.131. The smallest absolute Gasteiger partial charge is 0.247 e. The van der Waals surface area contributed by atoms with Gasteiger partial charge in [0.15, 0.2) is 0 Å². The number of hydrogen-bond donors (Lipinski definition) is 0. The molecule has 2 rings (SSSR count). The molecule has 1 heterocycles. The van der Waals surface area contributed by atoms with Crippen molar-refractivity contribution in [2.24, 2.45) is 0 Å². The zero-order valence-corrected chi connectivity index (χ0v) is 11.2. The quantitative estimate of drug-likeness (QED) is 0.728. The summed E-state index contributed by atoms with van der Waals surface area (Å²) in [5.41, 5.74) is 1.07. The Morgan fingerprint density at radius 2 is 1.78 bits per heavy atom. The van der Waals surface area contributed by atoms with Crippen LogP contribution in [0.1, 0.15) is 38.7 Å². The van der Waals surface area contributed by atoms with Gasteiger partial charge in [0.05, 0.1) is 0 Å². The Morgan fingerprint density at radius 3 is 2.39 bits per heavy atom. The second-order valence-corrected chi connectivity index (χ2v) is 5.12.